The van der Waals surface area contributed by atoms with Gasteiger partial charge < -0.3 is 14.4 Å². The lowest BCUT2D eigenvalue weighted by atomic mass is 9.58. The van der Waals surface area contributed by atoms with Crippen LogP contribution in [0, 0.1) is 17.8 Å². The van der Waals surface area contributed by atoms with Crippen LogP contribution >= 0.6 is 11.6 Å². The molecule has 254 valence electrons. The van der Waals surface area contributed by atoms with Crippen molar-refractivity contribution in [2.45, 2.75) is 83.2 Å². The Bertz CT molecular complexity index is 1440. The topological polar surface area (TPSA) is 42.0 Å². The molecule has 6 rings (SSSR count). The van der Waals surface area contributed by atoms with Crippen molar-refractivity contribution in [3.63, 3.8) is 0 Å². The first-order valence-electron chi connectivity index (χ1n) is 17.6. The zero-order valence-electron chi connectivity index (χ0n) is 29.4. The average molecular weight is 659 g/mol. The molecule has 0 radical (unpaired) electrons. The number of benzene rings is 3. The van der Waals surface area contributed by atoms with Gasteiger partial charge in [0, 0.05) is 34.5 Å². The summed E-state index contributed by atoms with van der Waals surface area (Å²) in [7, 11) is 7.71. The smallest absolute Gasteiger partial charge is 0.166 e. The summed E-state index contributed by atoms with van der Waals surface area (Å²) in [6, 6.07) is 23.7. The van der Waals surface area contributed by atoms with Gasteiger partial charge >= 0.3 is 0 Å². The molecule has 0 N–H and O–H groups in total. The first-order chi connectivity index (χ1) is 22.6. The highest BCUT2D eigenvalue weighted by Gasteiger charge is 2.46. The summed E-state index contributed by atoms with van der Waals surface area (Å²) in [5.41, 5.74) is 5.13. The number of Topliss-reactive ketones (excluding diaryl/α,β-unsaturated/α-hetero) is 1. The van der Waals surface area contributed by atoms with Crippen LogP contribution in [0.2, 0.25) is 5.02 Å². The van der Waals surface area contributed by atoms with Crippen LogP contribution in [0.1, 0.15) is 85.8 Å². The number of ketones is 1. The summed E-state index contributed by atoms with van der Waals surface area (Å²) in [5, 5.41) is 0.837. The first kappa shape index (κ1) is 35.4. The predicted octanol–water partition coefficient (Wildman–Crippen LogP) is 9.10. The van der Waals surface area contributed by atoms with Crippen LogP contribution in [-0.4, -0.2) is 63.0 Å². The Hall–Kier alpha value is -2.86. The molecule has 2 atom stereocenters. The fourth-order valence-corrected chi connectivity index (χ4v) is 8.37. The van der Waals surface area contributed by atoms with Crippen molar-refractivity contribution in [3.8, 4) is 11.5 Å². The number of carbonyl (C=O) groups is 1. The Morgan fingerprint density at radius 1 is 0.936 bits per heavy atom. The molecule has 5 nitrogen and oxygen atoms in total. The summed E-state index contributed by atoms with van der Waals surface area (Å²) >= 11 is 6.04. The van der Waals surface area contributed by atoms with Gasteiger partial charge in [0.15, 0.2) is 17.3 Å². The number of carbonyl (C=O) groups excluding carboxylic acids is 1. The van der Waals surface area contributed by atoms with Gasteiger partial charge in [0.2, 0.25) is 0 Å². The van der Waals surface area contributed by atoms with Gasteiger partial charge in [-0.15, -0.1) is 0 Å². The van der Waals surface area contributed by atoms with E-state index in [9.17, 15) is 4.79 Å². The molecule has 1 heterocycles. The van der Waals surface area contributed by atoms with Crippen LogP contribution in [-0.2, 0) is 18.4 Å². The van der Waals surface area contributed by atoms with Gasteiger partial charge in [-0.2, -0.15) is 0 Å². The number of halogens is 1. The van der Waals surface area contributed by atoms with E-state index in [0.29, 0.717) is 28.9 Å². The van der Waals surface area contributed by atoms with Crippen LogP contribution < -0.4 is 9.47 Å². The van der Waals surface area contributed by atoms with E-state index < -0.39 is 0 Å². The second-order valence-corrected chi connectivity index (χ2v) is 15.1. The van der Waals surface area contributed by atoms with E-state index in [1.54, 1.807) is 14.2 Å². The zero-order chi connectivity index (χ0) is 33.6. The van der Waals surface area contributed by atoms with Crippen molar-refractivity contribution >= 4 is 17.4 Å². The van der Waals surface area contributed by atoms with Crippen molar-refractivity contribution in [3.05, 3.63) is 94.0 Å². The Morgan fingerprint density at radius 3 is 2.13 bits per heavy atom. The predicted molar refractivity (Wildman–Crippen MR) is 194 cm³/mol. The second-order valence-electron chi connectivity index (χ2n) is 14.7. The molecule has 2 unspecified atom stereocenters. The lowest BCUT2D eigenvalue weighted by Crippen LogP contribution is -2.52. The Balaban J connectivity index is 0.000000199. The third kappa shape index (κ3) is 8.42. The number of likely N-dealkylation sites (N-methyl/N-ethyl adjacent to an activating group) is 1. The van der Waals surface area contributed by atoms with Gasteiger partial charge in [0.25, 0.3) is 0 Å². The van der Waals surface area contributed by atoms with Gasteiger partial charge in [-0.25, -0.2) is 0 Å². The number of likely N-dealkylation sites (tertiary alicyclic amines) is 1. The second kappa shape index (κ2) is 16.0. The highest BCUT2D eigenvalue weighted by molar-refractivity contribution is 6.30. The molecule has 2 fully saturated rings. The highest BCUT2D eigenvalue weighted by Crippen LogP contribution is 2.49. The maximum absolute atomic E-state index is 12.9. The van der Waals surface area contributed by atoms with Gasteiger partial charge in [0.05, 0.1) is 14.2 Å². The molecule has 2 aliphatic carbocycles. The zero-order valence-corrected chi connectivity index (χ0v) is 30.2. The van der Waals surface area contributed by atoms with Crippen molar-refractivity contribution in [2.75, 3.05) is 41.4 Å². The van der Waals surface area contributed by atoms with E-state index in [1.165, 1.54) is 49.7 Å². The van der Waals surface area contributed by atoms with Crippen molar-refractivity contribution in [1.82, 2.24) is 9.80 Å². The maximum Gasteiger partial charge on any atom is 0.166 e. The van der Waals surface area contributed by atoms with Crippen molar-refractivity contribution in [2.24, 2.45) is 17.8 Å². The van der Waals surface area contributed by atoms with Crippen LogP contribution in [0.3, 0.4) is 0 Å². The number of piperidine rings is 1. The maximum atomic E-state index is 12.9. The molecule has 3 aromatic rings. The van der Waals surface area contributed by atoms with E-state index in [4.69, 9.17) is 21.1 Å². The standard InChI is InChI=1S/C24H29NO3.C17H26ClN/c1-27-22-14-19-13-20(24(26)21(19)15-23(22)28-2)12-17-8-10-25(11-9-17)16-18-6-4-3-5-7-18;1-13(2)12-16(19(3)4)17(10-5-11-17)14-6-8-15(18)9-7-14/h3-7,14-15,17,20H,8-13,16H2,1-2H3;6-9,13,16H,5,10-12H2,1-4H3. The first-order valence-corrected chi connectivity index (χ1v) is 18.0. The minimum Gasteiger partial charge on any atom is -0.493 e. The molecule has 0 spiro atoms. The molecule has 47 heavy (non-hydrogen) atoms. The number of ether oxygens (including phenoxy) is 2. The quantitative estimate of drug-likeness (QED) is 0.206. The number of fused-ring (bicyclic) bond motifs is 1. The van der Waals surface area contributed by atoms with E-state index in [0.717, 1.165) is 54.5 Å². The van der Waals surface area contributed by atoms with Crippen molar-refractivity contribution < 1.29 is 14.3 Å². The minimum atomic E-state index is 0.109. The Morgan fingerprint density at radius 2 is 1.57 bits per heavy atom. The molecule has 3 aromatic carbocycles. The van der Waals surface area contributed by atoms with Crippen LogP contribution in [0.4, 0.5) is 0 Å². The van der Waals surface area contributed by atoms with Gasteiger partial charge in [-0.1, -0.05) is 74.3 Å². The Kier molecular flexibility index (Phi) is 12.1. The molecule has 0 bridgehead atoms. The highest BCUT2D eigenvalue weighted by atomic mass is 35.5. The molecule has 1 aliphatic heterocycles. The number of nitrogens with zero attached hydrogens (tertiary/aromatic N) is 2. The molecule has 1 saturated carbocycles. The SMILES string of the molecule is CC(C)CC(N(C)C)C1(c2ccc(Cl)cc2)CCC1.COc1cc2c(cc1OC)C(=O)C(CC1CCN(Cc3ccccc3)CC1)C2. The summed E-state index contributed by atoms with van der Waals surface area (Å²) in [4.78, 5) is 17.9. The molecule has 1 saturated heterocycles. The van der Waals surface area contributed by atoms with E-state index in [-0.39, 0.29) is 11.7 Å². The van der Waals surface area contributed by atoms with E-state index in [1.807, 2.05) is 24.3 Å². The molecular formula is C41H55ClN2O3. The monoisotopic (exact) mass is 658 g/mol. The molecule has 6 heteroatoms. The van der Waals surface area contributed by atoms with E-state index >= 15 is 0 Å². The number of hydrogen-bond donors (Lipinski definition) is 0. The molecular weight excluding hydrogens is 604 g/mol. The number of methoxy groups -OCH3 is 2. The summed E-state index contributed by atoms with van der Waals surface area (Å²) in [6.07, 6.45) is 9.42. The lowest BCUT2D eigenvalue weighted by Gasteiger charge is -2.51. The molecule has 3 aliphatic rings. The van der Waals surface area contributed by atoms with Crippen molar-refractivity contribution in [1.29, 1.82) is 0 Å². The van der Waals surface area contributed by atoms with E-state index in [2.05, 4.69) is 80.2 Å². The average Bonchev–Trinajstić information content (AvgIpc) is 3.35. The van der Waals surface area contributed by atoms with Crippen LogP contribution in [0.25, 0.3) is 0 Å². The molecule has 0 amide bonds. The normalized spacial score (nSPS) is 19.9. The largest absolute Gasteiger partial charge is 0.493 e. The van der Waals surface area contributed by atoms with Gasteiger partial charge in [0.1, 0.15) is 0 Å². The summed E-state index contributed by atoms with van der Waals surface area (Å²) in [5.74, 6) is 3.12. The number of hydrogen-bond acceptors (Lipinski definition) is 5. The fraction of sp³-hybridized carbons (Fsp3) is 0.537. The minimum absolute atomic E-state index is 0.109. The third-order valence-electron chi connectivity index (χ3n) is 10.9. The molecule has 0 aromatic heterocycles. The van der Waals surface area contributed by atoms with Gasteiger partial charge in [-0.3, -0.25) is 9.69 Å². The fourth-order valence-electron chi connectivity index (χ4n) is 8.24. The van der Waals surface area contributed by atoms with Gasteiger partial charge in [-0.05, 0) is 125 Å². The summed E-state index contributed by atoms with van der Waals surface area (Å²) in [6.45, 7) is 7.92. The lowest BCUT2D eigenvalue weighted by molar-refractivity contribution is 0.0808. The summed E-state index contributed by atoms with van der Waals surface area (Å²) < 4.78 is 10.8. The number of rotatable bonds is 11. The van der Waals surface area contributed by atoms with Crippen LogP contribution in [0.15, 0.2) is 66.7 Å². The third-order valence-corrected chi connectivity index (χ3v) is 11.2. The Labute approximate surface area is 288 Å². The van der Waals surface area contributed by atoms with Crippen LogP contribution in [0.5, 0.6) is 11.5 Å².